The SMILES string of the molecule is CCCCCC/C=C\CCCCCCCC(=O)OCC(COC1OC(CS(=O)(=O)O)C(O)C(O)C1O)OC(=O)CCCCCCCCC/C=C\CCCCCCCC. The van der Waals surface area contributed by atoms with Crippen LogP contribution in [0.1, 0.15) is 194 Å². The molecule has 1 rings (SSSR count). The zero-order valence-electron chi connectivity index (χ0n) is 36.2. The summed E-state index contributed by atoms with van der Waals surface area (Å²) in [6.07, 6.45) is 29.3. The minimum absolute atomic E-state index is 0.159. The van der Waals surface area contributed by atoms with E-state index in [1.54, 1.807) is 0 Å². The molecule has 0 bridgehead atoms. The molecule has 0 amide bonds. The Kier molecular flexibility index (Phi) is 33.5. The Morgan fingerprint density at radius 1 is 0.569 bits per heavy atom. The van der Waals surface area contributed by atoms with Gasteiger partial charge < -0.3 is 34.3 Å². The molecule has 13 heteroatoms. The summed E-state index contributed by atoms with van der Waals surface area (Å²) in [4.78, 5) is 25.4. The quantitative estimate of drug-likeness (QED) is 0.0200. The Morgan fingerprint density at radius 2 is 0.983 bits per heavy atom. The summed E-state index contributed by atoms with van der Waals surface area (Å²) in [7, 11) is -4.60. The smallest absolute Gasteiger partial charge is 0.306 e. The van der Waals surface area contributed by atoms with E-state index in [0.717, 1.165) is 70.6 Å². The first-order chi connectivity index (χ1) is 28.0. The molecule has 340 valence electrons. The van der Waals surface area contributed by atoms with Gasteiger partial charge in [0.05, 0.1) is 6.61 Å². The fourth-order valence-electron chi connectivity index (χ4n) is 6.90. The zero-order valence-corrected chi connectivity index (χ0v) is 37.0. The lowest BCUT2D eigenvalue weighted by atomic mass is 10.00. The van der Waals surface area contributed by atoms with Gasteiger partial charge >= 0.3 is 11.9 Å². The predicted octanol–water partition coefficient (Wildman–Crippen LogP) is 9.23. The molecule has 0 aliphatic carbocycles. The summed E-state index contributed by atoms with van der Waals surface area (Å²) in [6, 6.07) is 0. The van der Waals surface area contributed by atoms with Crippen molar-refractivity contribution < 1.29 is 56.8 Å². The molecule has 1 saturated heterocycles. The molecule has 12 nitrogen and oxygen atoms in total. The van der Waals surface area contributed by atoms with Crippen molar-refractivity contribution in [2.24, 2.45) is 0 Å². The van der Waals surface area contributed by atoms with Gasteiger partial charge in [0.25, 0.3) is 10.1 Å². The van der Waals surface area contributed by atoms with Gasteiger partial charge in [-0.15, -0.1) is 0 Å². The number of esters is 2. The largest absolute Gasteiger partial charge is 0.462 e. The van der Waals surface area contributed by atoms with Crippen molar-refractivity contribution in [3.63, 3.8) is 0 Å². The van der Waals surface area contributed by atoms with Crippen LogP contribution in [0.25, 0.3) is 0 Å². The molecule has 1 fully saturated rings. The Balaban J connectivity index is 2.44. The first-order valence-electron chi connectivity index (χ1n) is 22.9. The second-order valence-electron chi connectivity index (χ2n) is 16.1. The number of aliphatic hydroxyl groups is 3. The monoisotopic (exact) mass is 847 g/mol. The van der Waals surface area contributed by atoms with E-state index >= 15 is 0 Å². The van der Waals surface area contributed by atoms with Crippen molar-refractivity contribution in [2.75, 3.05) is 19.0 Å². The molecule has 58 heavy (non-hydrogen) atoms. The Bertz CT molecular complexity index is 1180. The van der Waals surface area contributed by atoms with E-state index in [4.69, 9.17) is 18.9 Å². The molecule has 6 unspecified atom stereocenters. The van der Waals surface area contributed by atoms with Gasteiger partial charge in [-0.05, 0) is 64.2 Å². The number of carbonyl (C=O) groups excluding carboxylic acids is 2. The molecule has 1 aliphatic rings. The minimum atomic E-state index is -4.60. The van der Waals surface area contributed by atoms with Crippen molar-refractivity contribution in [1.82, 2.24) is 0 Å². The molecule has 0 aromatic rings. The van der Waals surface area contributed by atoms with E-state index in [0.29, 0.717) is 12.8 Å². The van der Waals surface area contributed by atoms with Gasteiger partial charge in [-0.25, -0.2) is 0 Å². The van der Waals surface area contributed by atoms with Crippen LogP contribution in [-0.2, 0) is 38.7 Å². The average molecular weight is 847 g/mol. The highest BCUT2D eigenvalue weighted by Gasteiger charge is 2.46. The van der Waals surface area contributed by atoms with Crippen LogP contribution in [0.4, 0.5) is 0 Å². The molecule has 0 spiro atoms. The maximum atomic E-state index is 12.8. The van der Waals surface area contributed by atoms with Gasteiger partial charge in [-0.2, -0.15) is 8.42 Å². The van der Waals surface area contributed by atoms with Gasteiger partial charge in [0.15, 0.2) is 12.4 Å². The number of carbonyl (C=O) groups is 2. The number of hydrogen-bond acceptors (Lipinski definition) is 11. The van der Waals surface area contributed by atoms with Crippen LogP contribution >= 0.6 is 0 Å². The van der Waals surface area contributed by atoms with Crippen molar-refractivity contribution in [3.05, 3.63) is 24.3 Å². The van der Waals surface area contributed by atoms with E-state index in [9.17, 15) is 37.9 Å². The number of hydrogen-bond donors (Lipinski definition) is 4. The molecule has 0 saturated carbocycles. The maximum absolute atomic E-state index is 12.8. The summed E-state index contributed by atoms with van der Waals surface area (Å²) >= 11 is 0. The molecular formula is C45H82O12S. The average Bonchev–Trinajstić information content (AvgIpc) is 3.18. The topological polar surface area (TPSA) is 186 Å². The van der Waals surface area contributed by atoms with Crippen molar-refractivity contribution >= 4 is 22.1 Å². The molecule has 1 aliphatic heterocycles. The molecule has 4 N–H and O–H groups in total. The molecule has 0 aromatic carbocycles. The van der Waals surface area contributed by atoms with E-state index in [2.05, 4.69) is 38.2 Å². The van der Waals surface area contributed by atoms with Crippen LogP contribution < -0.4 is 0 Å². The van der Waals surface area contributed by atoms with Gasteiger partial charge in [-0.3, -0.25) is 14.1 Å². The lowest BCUT2D eigenvalue weighted by Crippen LogP contribution is -2.60. The number of unbranched alkanes of at least 4 members (excludes halogenated alkanes) is 22. The van der Waals surface area contributed by atoms with E-state index < -0.39 is 71.2 Å². The number of rotatable bonds is 38. The van der Waals surface area contributed by atoms with Gasteiger partial charge in [-0.1, -0.05) is 141 Å². The Hall–Kier alpha value is -1.87. The Labute approximate surface area is 351 Å². The molecule has 1 heterocycles. The zero-order chi connectivity index (χ0) is 42.7. The van der Waals surface area contributed by atoms with E-state index in [1.165, 1.54) is 83.5 Å². The summed E-state index contributed by atoms with van der Waals surface area (Å²) in [5.74, 6) is -1.99. The fraction of sp³-hybridized carbons (Fsp3) is 0.867. The van der Waals surface area contributed by atoms with Crippen LogP contribution in [0.3, 0.4) is 0 Å². The first kappa shape index (κ1) is 54.1. The predicted molar refractivity (Wildman–Crippen MR) is 229 cm³/mol. The number of aliphatic hydroxyl groups excluding tert-OH is 3. The van der Waals surface area contributed by atoms with Crippen LogP contribution in [0.5, 0.6) is 0 Å². The second kappa shape index (κ2) is 35.8. The third-order valence-electron chi connectivity index (χ3n) is 10.5. The van der Waals surface area contributed by atoms with E-state index in [-0.39, 0.29) is 19.4 Å². The third-order valence-corrected chi connectivity index (χ3v) is 11.3. The van der Waals surface area contributed by atoms with Crippen molar-refractivity contribution in [3.8, 4) is 0 Å². The van der Waals surface area contributed by atoms with Crippen LogP contribution in [0.2, 0.25) is 0 Å². The molecular weight excluding hydrogens is 765 g/mol. The maximum Gasteiger partial charge on any atom is 0.306 e. The number of allylic oxidation sites excluding steroid dienone is 4. The minimum Gasteiger partial charge on any atom is -0.462 e. The third kappa shape index (κ3) is 30.2. The summed E-state index contributed by atoms with van der Waals surface area (Å²) in [5, 5.41) is 30.9. The summed E-state index contributed by atoms with van der Waals surface area (Å²) in [6.45, 7) is 3.73. The van der Waals surface area contributed by atoms with Gasteiger partial charge in [0.1, 0.15) is 36.8 Å². The molecule has 0 radical (unpaired) electrons. The molecule has 6 atom stereocenters. The second-order valence-corrected chi connectivity index (χ2v) is 17.6. The summed E-state index contributed by atoms with van der Waals surface area (Å²) in [5.41, 5.74) is 0. The van der Waals surface area contributed by atoms with E-state index in [1.807, 2.05) is 0 Å². The Morgan fingerprint density at radius 3 is 1.45 bits per heavy atom. The number of ether oxygens (including phenoxy) is 4. The van der Waals surface area contributed by atoms with Crippen molar-refractivity contribution in [2.45, 2.75) is 230 Å². The van der Waals surface area contributed by atoms with Gasteiger partial charge in [0.2, 0.25) is 0 Å². The van der Waals surface area contributed by atoms with Crippen LogP contribution in [-0.4, -0.2) is 96.0 Å². The van der Waals surface area contributed by atoms with Crippen LogP contribution in [0, 0.1) is 0 Å². The lowest BCUT2D eigenvalue weighted by molar-refractivity contribution is -0.297. The standard InChI is InChI=1S/C45H82O12S/c1-3-5-7-9-11-13-15-17-18-19-20-22-24-26-28-30-32-34-41(47)56-38(36-55-45-44(50)43(49)42(48)39(57-45)37-58(51,52)53)35-54-40(46)33-31-29-27-25-23-21-16-14-12-10-8-6-4-2/h14,16-18,38-39,42-45,48-50H,3-13,15,19-37H2,1-2H3,(H,51,52,53)/b16-14-,18-17-. The first-order valence-corrected chi connectivity index (χ1v) is 24.5. The lowest BCUT2D eigenvalue weighted by Gasteiger charge is -2.40. The van der Waals surface area contributed by atoms with Crippen LogP contribution in [0.15, 0.2) is 24.3 Å². The summed E-state index contributed by atoms with van der Waals surface area (Å²) < 4.78 is 54.0. The normalized spacial score (nSPS) is 20.6. The van der Waals surface area contributed by atoms with Crippen molar-refractivity contribution in [1.29, 1.82) is 0 Å². The fourth-order valence-corrected chi connectivity index (χ4v) is 7.59. The highest BCUT2D eigenvalue weighted by Crippen LogP contribution is 2.24. The van der Waals surface area contributed by atoms with Gasteiger partial charge in [0, 0.05) is 12.8 Å². The molecule has 0 aromatic heterocycles. The highest BCUT2D eigenvalue weighted by molar-refractivity contribution is 7.85. The highest BCUT2D eigenvalue weighted by atomic mass is 32.2.